The summed E-state index contributed by atoms with van der Waals surface area (Å²) in [6.45, 7) is 1.90. The Morgan fingerprint density at radius 1 is 1.00 bits per heavy atom. The molecule has 0 aliphatic heterocycles. The third-order valence-electron chi connectivity index (χ3n) is 4.69. The van der Waals surface area contributed by atoms with E-state index in [2.05, 4.69) is 11.4 Å². The number of imide groups is 1. The van der Waals surface area contributed by atoms with Crippen molar-refractivity contribution >= 4 is 52.4 Å². The number of nitriles is 1. The summed E-state index contributed by atoms with van der Waals surface area (Å²) >= 11 is 19.0. The van der Waals surface area contributed by atoms with Crippen molar-refractivity contribution in [3.63, 3.8) is 0 Å². The lowest BCUT2D eigenvalue weighted by molar-refractivity contribution is 0.0959. The highest BCUT2D eigenvalue weighted by atomic mass is 35.5. The molecule has 168 valence electrons. The normalized spacial score (nSPS) is 11.4. The first-order chi connectivity index (χ1) is 15.6. The molecule has 33 heavy (non-hydrogen) atoms. The smallest absolute Gasteiger partial charge is 0.306 e. The first kappa shape index (κ1) is 24.5. The van der Waals surface area contributed by atoms with E-state index in [0.29, 0.717) is 5.56 Å². The van der Waals surface area contributed by atoms with Crippen LogP contribution in [0.3, 0.4) is 0 Å². The highest BCUT2D eigenvalue weighted by Gasteiger charge is 2.25. The Balaban J connectivity index is 1.87. The molecule has 3 amide bonds. The van der Waals surface area contributed by atoms with Gasteiger partial charge in [0.1, 0.15) is 17.2 Å². The third-order valence-corrected chi connectivity index (χ3v) is 5.88. The van der Waals surface area contributed by atoms with Crippen LogP contribution >= 0.6 is 34.8 Å². The summed E-state index contributed by atoms with van der Waals surface area (Å²) < 4.78 is 27.5. The van der Waals surface area contributed by atoms with Crippen molar-refractivity contribution in [1.29, 1.82) is 5.26 Å². The van der Waals surface area contributed by atoms with Gasteiger partial charge in [0.2, 0.25) is 0 Å². The number of nitrogens with zero attached hydrogens (tertiary/aromatic N) is 1. The number of amides is 3. The molecule has 3 rings (SSSR count). The molecule has 0 saturated heterocycles. The second-order valence-electron chi connectivity index (χ2n) is 6.93. The highest BCUT2D eigenvalue weighted by molar-refractivity contribution is 6.46. The van der Waals surface area contributed by atoms with Gasteiger partial charge in [-0.05, 0) is 30.7 Å². The molecule has 10 heteroatoms. The first-order valence-corrected chi connectivity index (χ1v) is 10.5. The van der Waals surface area contributed by atoms with E-state index in [1.165, 1.54) is 6.07 Å². The standard InChI is InChI=1S/C23H14Cl3F2N3O2/c1-11-5-7-12(8-6-11)13(10-29)18-14(24)9-17(20(25)21(18)26)30-23(33)31-22(32)19-15(27)3-2-4-16(19)28/h2-9,13H,1H3,(H2,30,31,32,33). The van der Waals surface area contributed by atoms with Crippen LogP contribution in [0.25, 0.3) is 0 Å². The SMILES string of the molecule is Cc1ccc(C(C#N)c2c(Cl)cc(NC(=O)NC(=O)c3c(F)cccc3F)c(Cl)c2Cl)cc1. The maximum absolute atomic E-state index is 13.7. The summed E-state index contributed by atoms with van der Waals surface area (Å²) in [5.41, 5.74) is 0.889. The van der Waals surface area contributed by atoms with E-state index in [0.717, 1.165) is 23.8 Å². The average molecular weight is 509 g/mol. The molecule has 0 saturated carbocycles. The predicted octanol–water partition coefficient (Wildman–Crippen LogP) is 6.85. The number of halogens is 5. The second kappa shape index (κ2) is 10.2. The fourth-order valence-electron chi connectivity index (χ4n) is 3.06. The number of nitrogens with one attached hydrogen (secondary N) is 2. The Labute approximate surface area is 202 Å². The summed E-state index contributed by atoms with van der Waals surface area (Å²) in [5, 5.41) is 13.6. The number of aryl methyl sites for hydroxylation is 1. The highest BCUT2D eigenvalue weighted by Crippen LogP contribution is 2.43. The van der Waals surface area contributed by atoms with Crippen LogP contribution in [-0.2, 0) is 0 Å². The van der Waals surface area contributed by atoms with Gasteiger partial charge in [-0.2, -0.15) is 5.26 Å². The Hall–Kier alpha value is -3.18. The Morgan fingerprint density at radius 3 is 2.18 bits per heavy atom. The lowest BCUT2D eigenvalue weighted by Crippen LogP contribution is -2.35. The van der Waals surface area contributed by atoms with Gasteiger partial charge in [-0.3, -0.25) is 10.1 Å². The molecule has 0 bridgehead atoms. The lowest BCUT2D eigenvalue weighted by atomic mass is 9.91. The number of carbonyl (C=O) groups is 2. The number of benzene rings is 3. The minimum absolute atomic E-state index is 0.0401. The van der Waals surface area contributed by atoms with Crippen molar-refractivity contribution in [2.75, 3.05) is 5.32 Å². The zero-order valence-electron chi connectivity index (χ0n) is 16.8. The van der Waals surface area contributed by atoms with Gasteiger partial charge in [0.15, 0.2) is 0 Å². The minimum Gasteiger partial charge on any atom is -0.306 e. The molecule has 0 heterocycles. The molecule has 0 aliphatic rings. The molecule has 0 aliphatic carbocycles. The summed E-state index contributed by atoms with van der Waals surface area (Å²) in [5.74, 6) is -4.40. The number of rotatable bonds is 4. The summed E-state index contributed by atoms with van der Waals surface area (Å²) in [6.07, 6.45) is 0. The summed E-state index contributed by atoms with van der Waals surface area (Å²) in [6, 6.07) is 12.3. The van der Waals surface area contributed by atoms with E-state index in [9.17, 15) is 23.6 Å². The van der Waals surface area contributed by atoms with E-state index < -0.39 is 35.1 Å². The zero-order chi connectivity index (χ0) is 24.3. The molecule has 0 fully saturated rings. The molecule has 0 spiro atoms. The van der Waals surface area contributed by atoms with Crippen molar-refractivity contribution in [3.8, 4) is 6.07 Å². The summed E-state index contributed by atoms with van der Waals surface area (Å²) in [4.78, 5) is 24.3. The minimum atomic E-state index is -1.29. The van der Waals surface area contributed by atoms with E-state index in [4.69, 9.17) is 34.8 Å². The van der Waals surface area contributed by atoms with Crippen LogP contribution in [0.15, 0.2) is 48.5 Å². The predicted molar refractivity (Wildman–Crippen MR) is 123 cm³/mol. The molecule has 1 atom stereocenters. The molecule has 1 unspecified atom stereocenters. The average Bonchev–Trinajstić information content (AvgIpc) is 2.75. The molecular formula is C23H14Cl3F2N3O2. The van der Waals surface area contributed by atoms with E-state index in [1.54, 1.807) is 17.4 Å². The maximum atomic E-state index is 13.7. The Bertz CT molecular complexity index is 1270. The maximum Gasteiger partial charge on any atom is 0.326 e. The van der Waals surface area contributed by atoms with Crippen LogP contribution < -0.4 is 10.6 Å². The molecule has 2 N–H and O–H groups in total. The number of carbonyl (C=O) groups excluding carboxylic acids is 2. The van der Waals surface area contributed by atoms with Gasteiger partial charge in [-0.25, -0.2) is 13.6 Å². The fraction of sp³-hybridized carbons (Fsp3) is 0.0870. The van der Waals surface area contributed by atoms with Crippen molar-refractivity contribution < 1.29 is 18.4 Å². The summed E-state index contributed by atoms with van der Waals surface area (Å²) in [7, 11) is 0. The van der Waals surface area contributed by atoms with Crippen LogP contribution in [0, 0.1) is 29.9 Å². The lowest BCUT2D eigenvalue weighted by Gasteiger charge is -2.18. The molecular weight excluding hydrogens is 495 g/mol. The number of anilines is 1. The molecule has 0 radical (unpaired) electrons. The van der Waals surface area contributed by atoms with E-state index >= 15 is 0 Å². The molecule has 3 aromatic rings. The van der Waals surface area contributed by atoms with Crippen molar-refractivity contribution in [1.82, 2.24) is 5.32 Å². The van der Waals surface area contributed by atoms with Crippen LogP contribution in [0.5, 0.6) is 0 Å². The number of hydrogen-bond acceptors (Lipinski definition) is 3. The van der Waals surface area contributed by atoms with Crippen molar-refractivity contribution in [2.24, 2.45) is 0 Å². The van der Waals surface area contributed by atoms with Crippen molar-refractivity contribution in [3.05, 3.63) is 97.5 Å². The largest absolute Gasteiger partial charge is 0.326 e. The quantitative estimate of drug-likeness (QED) is 0.378. The zero-order valence-corrected chi connectivity index (χ0v) is 19.1. The molecule has 3 aromatic carbocycles. The van der Waals surface area contributed by atoms with Crippen LogP contribution in [-0.4, -0.2) is 11.9 Å². The first-order valence-electron chi connectivity index (χ1n) is 9.34. The fourth-order valence-corrected chi connectivity index (χ4v) is 3.94. The van der Waals surface area contributed by atoms with Gasteiger partial charge in [0.05, 0.1) is 27.7 Å². The van der Waals surface area contributed by atoms with E-state index in [1.807, 2.05) is 19.1 Å². The van der Waals surface area contributed by atoms with Crippen LogP contribution in [0.2, 0.25) is 15.1 Å². The van der Waals surface area contributed by atoms with Gasteiger partial charge in [-0.1, -0.05) is 70.7 Å². The van der Waals surface area contributed by atoms with Gasteiger partial charge >= 0.3 is 6.03 Å². The van der Waals surface area contributed by atoms with Gasteiger partial charge < -0.3 is 5.32 Å². The van der Waals surface area contributed by atoms with Crippen LogP contribution in [0.1, 0.15) is 33.0 Å². The molecule has 5 nitrogen and oxygen atoms in total. The second-order valence-corrected chi connectivity index (χ2v) is 8.09. The number of urea groups is 1. The molecule has 0 aromatic heterocycles. The number of hydrogen-bond donors (Lipinski definition) is 2. The van der Waals surface area contributed by atoms with Gasteiger partial charge in [-0.15, -0.1) is 0 Å². The van der Waals surface area contributed by atoms with Gasteiger partial charge in [0, 0.05) is 10.6 Å². The van der Waals surface area contributed by atoms with E-state index in [-0.39, 0.29) is 26.3 Å². The monoisotopic (exact) mass is 507 g/mol. The Kier molecular flexibility index (Phi) is 7.54. The van der Waals surface area contributed by atoms with Crippen molar-refractivity contribution in [2.45, 2.75) is 12.8 Å². The topological polar surface area (TPSA) is 82.0 Å². The Morgan fingerprint density at radius 2 is 1.61 bits per heavy atom. The van der Waals surface area contributed by atoms with Gasteiger partial charge in [0.25, 0.3) is 5.91 Å². The third kappa shape index (κ3) is 5.25. The van der Waals surface area contributed by atoms with Crippen LogP contribution in [0.4, 0.5) is 19.3 Å².